The zero-order valence-electron chi connectivity index (χ0n) is 9.50. The Bertz CT molecular complexity index is 266. The van der Waals surface area contributed by atoms with Gasteiger partial charge in [-0.15, -0.1) is 11.6 Å². The van der Waals surface area contributed by atoms with Gasteiger partial charge in [0.1, 0.15) is 11.5 Å². The van der Waals surface area contributed by atoms with Gasteiger partial charge < -0.3 is 14.8 Å². The molecule has 3 atom stereocenters. The Hall–Kier alpha value is -0.320. The van der Waals surface area contributed by atoms with Crippen LogP contribution in [-0.2, 0) is 14.3 Å². The fraction of sp³-hybridized carbons (Fsp3) is 0.909. The maximum Gasteiger partial charge on any atom is 0.235 e. The third-order valence-electron chi connectivity index (χ3n) is 3.49. The number of amides is 1. The fourth-order valence-electron chi connectivity index (χ4n) is 2.71. The van der Waals surface area contributed by atoms with Gasteiger partial charge in [-0.2, -0.15) is 0 Å². The molecule has 1 N–H and O–H groups in total. The van der Waals surface area contributed by atoms with Crippen LogP contribution in [0, 0.1) is 0 Å². The molecule has 5 heteroatoms. The zero-order valence-corrected chi connectivity index (χ0v) is 10.3. The molecular formula is C11H18ClNO3. The first-order chi connectivity index (χ1) is 7.73. The minimum atomic E-state index is -0.280. The predicted octanol–water partition coefficient (Wildman–Crippen LogP) is 1.07. The molecule has 1 amide bonds. The van der Waals surface area contributed by atoms with Crippen LogP contribution in [0.1, 0.15) is 26.2 Å². The second kappa shape index (κ2) is 4.90. The highest BCUT2D eigenvalue weighted by atomic mass is 35.5. The van der Waals surface area contributed by atoms with Crippen molar-refractivity contribution in [1.29, 1.82) is 0 Å². The van der Waals surface area contributed by atoms with E-state index in [9.17, 15) is 4.79 Å². The standard InChI is InChI=1S/C11H18ClNO3/c1-2-15-9-6-8(13-10(14)7-12)11(9)4-3-5-16-11/h8-9H,2-7H2,1H3,(H,13,14). The van der Waals surface area contributed by atoms with Crippen LogP contribution >= 0.6 is 11.6 Å². The molecule has 3 unspecified atom stereocenters. The Kier molecular flexibility index (Phi) is 3.72. The summed E-state index contributed by atoms with van der Waals surface area (Å²) in [5.74, 6) is -0.122. The van der Waals surface area contributed by atoms with Crippen molar-refractivity contribution in [1.82, 2.24) is 5.32 Å². The topological polar surface area (TPSA) is 47.6 Å². The first-order valence-electron chi connectivity index (χ1n) is 5.84. The number of rotatable bonds is 4. The van der Waals surface area contributed by atoms with Gasteiger partial charge in [-0.3, -0.25) is 4.79 Å². The van der Waals surface area contributed by atoms with Crippen molar-refractivity contribution in [3.8, 4) is 0 Å². The summed E-state index contributed by atoms with van der Waals surface area (Å²) < 4.78 is 11.5. The SMILES string of the molecule is CCOC1CC(NC(=O)CCl)C12CCCO2. The maximum absolute atomic E-state index is 11.3. The molecule has 0 bridgehead atoms. The molecule has 1 aliphatic heterocycles. The van der Waals surface area contributed by atoms with Crippen LogP contribution in [0.2, 0.25) is 0 Å². The summed E-state index contributed by atoms with van der Waals surface area (Å²) in [5, 5.41) is 2.91. The van der Waals surface area contributed by atoms with E-state index in [0.717, 1.165) is 25.9 Å². The van der Waals surface area contributed by atoms with Crippen LogP contribution in [0.4, 0.5) is 0 Å². The lowest BCUT2D eigenvalue weighted by Gasteiger charge is -2.52. The van der Waals surface area contributed by atoms with Gasteiger partial charge in [-0.05, 0) is 26.2 Å². The van der Waals surface area contributed by atoms with Gasteiger partial charge in [-0.1, -0.05) is 0 Å². The van der Waals surface area contributed by atoms with E-state index in [4.69, 9.17) is 21.1 Å². The van der Waals surface area contributed by atoms with Gasteiger partial charge in [0.2, 0.25) is 5.91 Å². The minimum absolute atomic E-state index is 0.00583. The van der Waals surface area contributed by atoms with Crippen LogP contribution in [0.25, 0.3) is 0 Å². The van der Waals surface area contributed by atoms with Gasteiger partial charge in [0.15, 0.2) is 0 Å². The average molecular weight is 248 g/mol. The molecule has 1 saturated carbocycles. The summed E-state index contributed by atoms with van der Waals surface area (Å²) >= 11 is 5.49. The van der Waals surface area contributed by atoms with Crippen LogP contribution in [0.3, 0.4) is 0 Å². The molecular weight excluding hydrogens is 230 g/mol. The highest BCUT2D eigenvalue weighted by Crippen LogP contribution is 2.45. The third kappa shape index (κ3) is 1.94. The Labute approximate surface area is 101 Å². The second-order valence-corrected chi connectivity index (χ2v) is 4.61. The average Bonchev–Trinajstić information content (AvgIpc) is 2.79. The number of halogens is 1. The van der Waals surface area contributed by atoms with Crippen molar-refractivity contribution in [2.75, 3.05) is 19.1 Å². The van der Waals surface area contributed by atoms with E-state index < -0.39 is 0 Å². The van der Waals surface area contributed by atoms with Crippen molar-refractivity contribution in [2.45, 2.75) is 43.9 Å². The lowest BCUT2D eigenvalue weighted by molar-refractivity contribution is -0.198. The number of alkyl halides is 1. The van der Waals surface area contributed by atoms with Crippen molar-refractivity contribution >= 4 is 17.5 Å². The van der Waals surface area contributed by atoms with E-state index in [1.807, 2.05) is 6.92 Å². The number of carbonyl (C=O) groups excluding carboxylic acids is 1. The summed E-state index contributed by atoms with van der Waals surface area (Å²) in [6.07, 6.45) is 2.96. The number of carbonyl (C=O) groups is 1. The number of ether oxygens (including phenoxy) is 2. The number of hydrogen-bond donors (Lipinski definition) is 1. The molecule has 2 rings (SSSR count). The van der Waals surface area contributed by atoms with Gasteiger partial charge in [0, 0.05) is 13.2 Å². The van der Waals surface area contributed by atoms with Crippen molar-refractivity contribution in [2.24, 2.45) is 0 Å². The zero-order chi connectivity index (χ0) is 11.6. The van der Waals surface area contributed by atoms with Crippen LogP contribution in [0.5, 0.6) is 0 Å². The van der Waals surface area contributed by atoms with E-state index in [2.05, 4.69) is 5.32 Å². The predicted molar refractivity (Wildman–Crippen MR) is 60.6 cm³/mol. The van der Waals surface area contributed by atoms with Crippen molar-refractivity contribution in [3.63, 3.8) is 0 Å². The largest absolute Gasteiger partial charge is 0.375 e. The van der Waals surface area contributed by atoms with Gasteiger partial charge >= 0.3 is 0 Å². The normalized spacial score (nSPS) is 37.4. The van der Waals surface area contributed by atoms with Crippen molar-refractivity contribution < 1.29 is 14.3 Å². The first-order valence-corrected chi connectivity index (χ1v) is 6.37. The molecule has 0 aromatic carbocycles. The van der Waals surface area contributed by atoms with Crippen LogP contribution in [-0.4, -0.2) is 42.7 Å². The summed E-state index contributed by atoms with van der Waals surface area (Å²) in [6.45, 7) is 3.43. The first kappa shape index (κ1) is 12.1. The van der Waals surface area contributed by atoms with Crippen LogP contribution in [0.15, 0.2) is 0 Å². The Morgan fingerprint density at radius 3 is 3.06 bits per heavy atom. The van der Waals surface area contributed by atoms with E-state index in [1.54, 1.807) is 0 Å². The third-order valence-corrected chi connectivity index (χ3v) is 3.73. The Morgan fingerprint density at radius 2 is 2.50 bits per heavy atom. The number of hydrogen-bond acceptors (Lipinski definition) is 3. The molecule has 0 aromatic heterocycles. The number of nitrogens with one attached hydrogen (secondary N) is 1. The lowest BCUT2D eigenvalue weighted by atomic mass is 9.70. The Balaban J connectivity index is 1.98. The van der Waals surface area contributed by atoms with E-state index in [0.29, 0.717) is 6.61 Å². The second-order valence-electron chi connectivity index (χ2n) is 4.34. The van der Waals surface area contributed by atoms with Crippen molar-refractivity contribution in [3.05, 3.63) is 0 Å². The molecule has 1 saturated heterocycles. The molecule has 16 heavy (non-hydrogen) atoms. The van der Waals surface area contributed by atoms with E-state index in [1.165, 1.54) is 0 Å². The highest BCUT2D eigenvalue weighted by Gasteiger charge is 2.59. The highest BCUT2D eigenvalue weighted by molar-refractivity contribution is 6.27. The fourth-order valence-corrected chi connectivity index (χ4v) is 2.79. The van der Waals surface area contributed by atoms with E-state index >= 15 is 0 Å². The van der Waals surface area contributed by atoms with Gasteiger partial charge in [-0.25, -0.2) is 0 Å². The molecule has 0 radical (unpaired) electrons. The summed E-state index contributed by atoms with van der Waals surface area (Å²) in [4.78, 5) is 11.3. The molecule has 1 heterocycles. The van der Waals surface area contributed by atoms with Gasteiger partial charge in [0.25, 0.3) is 0 Å². The van der Waals surface area contributed by atoms with Gasteiger partial charge in [0.05, 0.1) is 12.1 Å². The smallest absolute Gasteiger partial charge is 0.235 e. The summed E-state index contributed by atoms with van der Waals surface area (Å²) in [5.41, 5.74) is -0.280. The minimum Gasteiger partial charge on any atom is -0.375 e. The molecule has 4 nitrogen and oxygen atoms in total. The molecule has 1 spiro atoms. The molecule has 0 aromatic rings. The molecule has 1 aliphatic carbocycles. The maximum atomic E-state index is 11.3. The van der Waals surface area contributed by atoms with E-state index in [-0.39, 0.29) is 29.5 Å². The lowest BCUT2D eigenvalue weighted by Crippen LogP contribution is -2.69. The Morgan fingerprint density at radius 1 is 1.69 bits per heavy atom. The van der Waals surface area contributed by atoms with Crippen LogP contribution < -0.4 is 5.32 Å². The quantitative estimate of drug-likeness (QED) is 0.756. The molecule has 2 fully saturated rings. The molecule has 92 valence electrons. The molecule has 2 aliphatic rings. The summed E-state index contributed by atoms with van der Waals surface area (Å²) in [6, 6.07) is 0.0674. The summed E-state index contributed by atoms with van der Waals surface area (Å²) in [7, 11) is 0. The monoisotopic (exact) mass is 247 g/mol.